The molecule has 0 radical (unpaired) electrons. The second-order valence-corrected chi connectivity index (χ2v) is 4.63. The van der Waals surface area contributed by atoms with E-state index in [2.05, 4.69) is 13.0 Å². The molecule has 3 atom stereocenters. The molecule has 0 aromatic heterocycles. The van der Waals surface area contributed by atoms with Gasteiger partial charge in [-0.1, -0.05) is 25.1 Å². The van der Waals surface area contributed by atoms with Gasteiger partial charge >= 0.3 is 0 Å². The van der Waals surface area contributed by atoms with Crippen LogP contribution in [0.3, 0.4) is 0 Å². The number of hydrogen-bond donors (Lipinski definition) is 1. The van der Waals surface area contributed by atoms with Gasteiger partial charge in [0, 0.05) is 0 Å². The van der Waals surface area contributed by atoms with E-state index in [-0.39, 0.29) is 6.10 Å². The van der Waals surface area contributed by atoms with Gasteiger partial charge in [0.25, 0.3) is 0 Å². The van der Waals surface area contributed by atoms with Gasteiger partial charge in [-0.25, -0.2) is 0 Å². The molecule has 1 fully saturated rings. The highest BCUT2D eigenvalue weighted by Crippen LogP contribution is 2.51. The first-order valence-electron chi connectivity index (χ1n) is 6.13. The molecule has 2 rings (SSSR count). The molecule has 1 aliphatic rings. The first-order chi connectivity index (χ1) is 7.74. The van der Waals surface area contributed by atoms with Gasteiger partial charge in [0.1, 0.15) is 5.75 Å². The first-order valence-corrected chi connectivity index (χ1v) is 6.13. The number of rotatable bonds is 5. The molecule has 0 spiro atoms. The second-order valence-electron chi connectivity index (χ2n) is 4.63. The van der Waals surface area contributed by atoms with Gasteiger partial charge in [-0.2, -0.15) is 0 Å². The third kappa shape index (κ3) is 2.38. The number of aliphatic hydroxyl groups excluding tert-OH is 1. The summed E-state index contributed by atoms with van der Waals surface area (Å²) < 4.78 is 5.73. The number of benzene rings is 1. The summed E-state index contributed by atoms with van der Waals surface area (Å²) in [4.78, 5) is 0. The van der Waals surface area contributed by atoms with Crippen LogP contribution in [0.15, 0.2) is 24.3 Å². The zero-order valence-electron chi connectivity index (χ0n) is 10.0. The van der Waals surface area contributed by atoms with E-state index in [1.807, 2.05) is 25.1 Å². The Morgan fingerprint density at radius 3 is 2.81 bits per heavy atom. The topological polar surface area (TPSA) is 29.5 Å². The van der Waals surface area contributed by atoms with Crippen molar-refractivity contribution in [1.29, 1.82) is 0 Å². The molecule has 0 heterocycles. The number of para-hydroxylation sites is 1. The molecule has 0 bridgehead atoms. The average Bonchev–Trinajstić information content (AvgIpc) is 3.06. The molecule has 0 aliphatic heterocycles. The lowest BCUT2D eigenvalue weighted by Crippen LogP contribution is -2.04. The third-order valence-corrected chi connectivity index (χ3v) is 3.24. The van der Waals surface area contributed by atoms with Gasteiger partial charge in [0.15, 0.2) is 0 Å². The van der Waals surface area contributed by atoms with E-state index in [4.69, 9.17) is 4.74 Å². The summed E-state index contributed by atoms with van der Waals surface area (Å²) in [5.41, 5.74) is 1.27. The van der Waals surface area contributed by atoms with E-state index in [1.54, 1.807) is 0 Å². The lowest BCUT2D eigenvalue weighted by atomic mass is 10.1. The van der Waals surface area contributed by atoms with Gasteiger partial charge in [-0.05, 0) is 43.2 Å². The van der Waals surface area contributed by atoms with E-state index in [1.165, 1.54) is 5.56 Å². The van der Waals surface area contributed by atoms with E-state index < -0.39 is 0 Å². The fraction of sp³-hybridized carbons (Fsp3) is 0.571. The second kappa shape index (κ2) is 4.88. The third-order valence-electron chi connectivity index (χ3n) is 3.24. The van der Waals surface area contributed by atoms with Gasteiger partial charge in [0.2, 0.25) is 0 Å². The minimum absolute atomic E-state index is 0.204. The van der Waals surface area contributed by atoms with Crippen molar-refractivity contribution in [2.75, 3.05) is 6.61 Å². The average molecular weight is 220 g/mol. The van der Waals surface area contributed by atoms with Crippen molar-refractivity contribution in [2.45, 2.75) is 38.7 Å². The molecule has 3 unspecified atom stereocenters. The highest BCUT2D eigenvalue weighted by atomic mass is 16.5. The van der Waals surface area contributed by atoms with Crippen LogP contribution in [0, 0.1) is 5.92 Å². The van der Waals surface area contributed by atoms with E-state index in [0.717, 1.165) is 25.2 Å². The van der Waals surface area contributed by atoms with Crippen molar-refractivity contribution in [2.24, 2.45) is 5.92 Å². The summed E-state index contributed by atoms with van der Waals surface area (Å²) >= 11 is 0. The Morgan fingerprint density at radius 2 is 2.19 bits per heavy atom. The van der Waals surface area contributed by atoms with Crippen LogP contribution in [0.1, 0.15) is 38.2 Å². The summed E-state index contributed by atoms with van der Waals surface area (Å²) in [6, 6.07) is 8.21. The molecule has 2 nitrogen and oxygen atoms in total. The van der Waals surface area contributed by atoms with Crippen LogP contribution in [0.4, 0.5) is 0 Å². The molecule has 0 saturated heterocycles. The highest BCUT2D eigenvalue weighted by molar-refractivity contribution is 5.39. The lowest BCUT2D eigenvalue weighted by molar-refractivity contribution is 0.168. The van der Waals surface area contributed by atoms with Crippen LogP contribution < -0.4 is 4.74 Å². The highest BCUT2D eigenvalue weighted by Gasteiger charge is 2.42. The van der Waals surface area contributed by atoms with Crippen molar-refractivity contribution >= 4 is 0 Å². The van der Waals surface area contributed by atoms with Crippen LogP contribution in [0.5, 0.6) is 5.75 Å². The SMILES string of the molecule is CCCOc1ccccc1C1CC1C(C)O. The molecular formula is C14H20O2. The smallest absolute Gasteiger partial charge is 0.122 e. The molecule has 88 valence electrons. The zero-order chi connectivity index (χ0) is 11.5. The van der Waals surface area contributed by atoms with E-state index in [9.17, 15) is 5.11 Å². The maximum atomic E-state index is 9.55. The molecule has 1 N–H and O–H groups in total. The van der Waals surface area contributed by atoms with E-state index >= 15 is 0 Å². The van der Waals surface area contributed by atoms with Gasteiger partial charge < -0.3 is 9.84 Å². The quantitative estimate of drug-likeness (QED) is 0.826. The standard InChI is InChI=1S/C14H20O2/c1-3-8-16-14-7-5-4-6-11(14)13-9-12(13)10(2)15/h4-7,10,12-13,15H,3,8-9H2,1-2H3. The minimum Gasteiger partial charge on any atom is -0.493 e. The van der Waals surface area contributed by atoms with Crippen molar-refractivity contribution in [3.05, 3.63) is 29.8 Å². The molecule has 1 aliphatic carbocycles. The van der Waals surface area contributed by atoms with Crippen molar-refractivity contribution in [3.8, 4) is 5.75 Å². The van der Waals surface area contributed by atoms with Gasteiger partial charge in [-0.15, -0.1) is 0 Å². The minimum atomic E-state index is -0.204. The normalized spacial score (nSPS) is 25.2. The van der Waals surface area contributed by atoms with Crippen molar-refractivity contribution in [1.82, 2.24) is 0 Å². The summed E-state index contributed by atoms with van der Waals surface area (Å²) in [6.45, 7) is 4.75. The summed E-state index contributed by atoms with van der Waals surface area (Å²) in [5, 5.41) is 9.55. The fourth-order valence-corrected chi connectivity index (χ4v) is 2.24. The molecule has 0 amide bonds. The molecule has 2 heteroatoms. The molecular weight excluding hydrogens is 200 g/mol. The van der Waals surface area contributed by atoms with E-state index in [0.29, 0.717) is 11.8 Å². The molecule has 1 aromatic carbocycles. The Labute approximate surface area is 97.3 Å². The zero-order valence-corrected chi connectivity index (χ0v) is 10.0. The summed E-state index contributed by atoms with van der Waals surface area (Å²) in [6.07, 6.45) is 1.91. The van der Waals surface area contributed by atoms with Crippen LogP contribution in [-0.2, 0) is 0 Å². The molecule has 1 saturated carbocycles. The van der Waals surface area contributed by atoms with Crippen molar-refractivity contribution < 1.29 is 9.84 Å². The number of hydrogen-bond acceptors (Lipinski definition) is 2. The van der Waals surface area contributed by atoms with Crippen molar-refractivity contribution in [3.63, 3.8) is 0 Å². The van der Waals surface area contributed by atoms with Gasteiger partial charge in [-0.3, -0.25) is 0 Å². The number of ether oxygens (including phenoxy) is 1. The van der Waals surface area contributed by atoms with Crippen LogP contribution >= 0.6 is 0 Å². The van der Waals surface area contributed by atoms with Crippen LogP contribution in [-0.4, -0.2) is 17.8 Å². The van der Waals surface area contributed by atoms with Crippen LogP contribution in [0.25, 0.3) is 0 Å². The Kier molecular flexibility index (Phi) is 3.49. The maximum absolute atomic E-state index is 9.55. The summed E-state index contributed by atoms with van der Waals surface area (Å²) in [5.74, 6) is 1.91. The predicted octanol–water partition coefficient (Wildman–Crippen LogP) is 2.96. The number of aliphatic hydroxyl groups is 1. The molecule has 1 aromatic rings. The Balaban J connectivity index is 2.09. The first kappa shape index (κ1) is 11.5. The summed E-state index contributed by atoms with van der Waals surface area (Å²) in [7, 11) is 0. The Bertz CT molecular complexity index is 346. The van der Waals surface area contributed by atoms with Gasteiger partial charge in [0.05, 0.1) is 12.7 Å². The Hall–Kier alpha value is -1.02. The fourth-order valence-electron chi connectivity index (χ4n) is 2.24. The maximum Gasteiger partial charge on any atom is 0.122 e. The van der Waals surface area contributed by atoms with Crippen LogP contribution in [0.2, 0.25) is 0 Å². The predicted molar refractivity (Wildman–Crippen MR) is 64.8 cm³/mol. The monoisotopic (exact) mass is 220 g/mol. The Morgan fingerprint density at radius 1 is 1.44 bits per heavy atom. The lowest BCUT2D eigenvalue weighted by Gasteiger charge is -2.11. The molecule has 16 heavy (non-hydrogen) atoms. The largest absolute Gasteiger partial charge is 0.493 e.